The van der Waals surface area contributed by atoms with E-state index in [1.807, 2.05) is 37.3 Å². The smallest absolute Gasteiger partial charge is 0.237 e. The molecule has 5 nitrogen and oxygen atoms in total. The molecule has 6 heteroatoms. The van der Waals surface area contributed by atoms with Crippen LogP contribution in [0.3, 0.4) is 0 Å². The van der Waals surface area contributed by atoms with Crippen molar-refractivity contribution in [3.05, 3.63) is 59.4 Å². The minimum absolute atomic E-state index is 0.0671. The number of carbonyl (C=O) groups is 1. The molecular formula is C25H33FN2O3. The van der Waals surface area contributed by atoms with Crippen molar-refractivity contribution < 1.29 is 18.7 Å². The van der Waals surface area contributed by atoms with Gasteiger partial charge in [-0.25, -0.2) is 4.39 Å². The summed E-state index contributed by atoms with van der Waals surface area (Å²) in [5.74, 6) is 1.86. The maximum Gasteiger partial charge on any atom is 0.237 e. The van der Waals surface area contributed by atoms with E-state index in [0.717, 1.165) is 44.3 Å². The van der Waals surface area contributed by atoms with Crippen LogP contribution in [-0.2, 0) is 17.6 Å². The van der Waals surface area contributed by atoms with Gasteiger partial charge in [0.25, 0.3) is 0 Å². The van der Waals surface area contributed by atoms with Crippen molar-refractivity contribution in [1.29, 1.82) is 0 Å². The molecule has 0 radical (unpaired) electrons. The summed E-state index contributed by atoms with van der Waals surface area (Å²) >= 11 is 0. The quantitative estimate of drug-likeness (QED) is 0.659. The molecule has 1 unspecified atom stereocenters. The highest BCUT2D eigenvalue weighted by Crippen LogP contribution is 2.27. The van der Waals surface area contributed by atoms with Gasteiger partial charge in [0.05, 0.1) is 20.3 Å². The number of amides is 1. The maximum atomic E-state index is 13.1. The molecule has 1 atom stereocenters. The summed E-state index contributed by atoms with van der Waals surface area (Å²) in [5.41, 5.74) is 2.27. The first-order valence-electron chi connectivity index (χ1n) is 11.0. The molecule has 0 spiro atoms. The van der Waals surface area contributed by atoms with Gasteiger partial charge in [0.1, 0.15) is 5.82 Å². The van der Waals surface area contributed by atoms with Crippen molar-refractivity contribution in [2.24, 2.45) is 5.92 Å². The average molecular weight is 429 g/mol. The molecule has 1 aliphatic rings. The molecule has 0 saturated carbocycles. The van der Waals surface area contributed by atoms with Crippen LogP contribution in [0.5, 0.6) is 11.5 Å². The Kier molecular flexibility index (Phi) is 8.29. The van der Waals surface area contributed by atoms with Gasteiger partial charge in [0.2, 0.25) is 5.91 Å². The molecule has 1 fully saturated rings. The van der Waals surface area contributed by atoms with E-state index >= 15 is 0 Å². The van der Waals surface area contributed by atoms with Gasteiger partial charge in [0.15, 0.2) is 11.5 Å². The number of halogens is 1. The monoisotopic (exact) mass is 428 g/mol. The Morgan fingerprint density at radius 2 is 1.71 bits per heavy atom. The maximum absolute atomic E-state index is 13.1. The van der Waals surface area contributed by atoms with Crippen molar-refractivity contribution in [1.82, 2.24) is 10.2 Å². The molecule has 1 saturated heterocycles. The Balaban J connectivity index is 1.41. The minimum atomic E-state index is -0.190. The van der Waals surface area contributed by atoms with E-state index in [-0.39, 0.29) is 17.8 Å². The SMILES string of the molecule is COc1ccc(CCNC(=O)C(C)N2CCC(Cc3ccc(F)cc3)CC2)cc1OC. The van der Waals surface area contributed by atoms with Gasteiger partial charge < -0.3 is 14.8 Å². The normalized spacial score (nSPS) is 16.0. The fraction of sp³-hybridized carbons (Fsp3) is 0.480. The molecule has 168 valence electrons. The Bertz CT molecular complexity index is 848. The summed E-state index contributed by atoms with van der Waals surface area (Å²) in [6.45, 7) is 4.39. The highest BCUT2D eigenvalue weighted by molar-refractivity contribution is 5.81. The number of hydrogen-bond acceptors (Lipinski definition) is 4. The minimum Gasteiger partial charge on any atom is -0.493 e. The summed E-state index contributed by atoms with van der Waals surface area (Å²) in [4.78, 5) is 14.9. The summed E-state index contributed by atoms with van der Waals surface area (Å²) in [6.07, 6.45) is 3.82. The van der Waals surface area contributed by atoms with Crippen molar-refractivity contribution in [2.45, 2.75) is 38.6 Å². The number of methoxy groups -OCH3 is 2. The first kappa shape index (κ1) is 23.1. The van der Waals surface area contributed by atoms with Crippen LogP contribution in [0, 0.1) is 11.7 Å². The van der Waals surface area contributed by atoms with Crippen LogP contribution in [0.2, 0.25) is 0 Å². The predicted molar refractivity (Wildman–Crippen MR) is 120 cm³/mol. The van der Waals surface area contributed by atoms with Gasteiger partial charge in [-0.2, -0.15) is 0 Å². The first-order valence-corrected chi connectivity index (χ1v) is 11.0. The third-order valence-corrected chi connectivity index (χ3v) is 6.17. The third-order valence-electron chi connectivity index (χ3n) is 6.17. The van der Waals surface area contributed by atoms with Crippen LogP contribution in [0.15, 0.2) is 42.5 Å². The van der Waals surface area contributed by atoms with Gasteiger partial charge >= 0.3 is 0 Å². The van der Waals surface area contributed by atoms with E-state index in [2.05, 4.69) is 10.2 Å². The largest absolute Gasteiger partial charge is 0.493 e. The molecule has 1 aliphatic heterocycles. The molecule has 2 aromatic rings. The molecule has 2 aromatic carbocycles. The Labute approximate surface area is 184 Å². The molecule has 0 aliphatic carbocycles. The van der Waals surface area contributed by atoms with Crippen molar-refractivity contribution in [3.8, 4) is 11.5 Å². The van der Waals surface area contributed by atoms with Crippen LogP contribution in [0.25, 0.3) is 0 Å². The molecule has 0 aromatic heterocycles. The molecule has 31 heavy (non-hydrogen) atoms. The van der Waals surface area contributed by atoms with E-state index in [9.17, 15) is 9.18 Å². The van der Waals surface area contributed by atoms with Gasteiger partial charge in [-0.05, 0) is 87.0 Å². The van der Waals surface area contributed by atoms with Gasteiger partial charge in [-0.15, -0.1) is 0 Å². The van der Waals surface area contributed by atoms with Gasteiger partial charge in [-0.3, -0.25) is 9.69 Å². The predicted octanol–water partition coefficient (Wildman–Crippen LogP) is 3.84. The van der Waals surface area contributed by atoms with Gasteiger partial charge in [0, 0.05) is 6.54 Å². The third kappa shape index (κ3) is 6.44. The Morgan fingerprint density at radius 1 is 1.06 bits per heavy atom. The van der Waals surface area contributed by atoms with Crippen LogP contribution in [0.4, 0.5) is 4.39 Å². The number of piperidine rings is 1. The summed E-state index contributed by atoms with van der Waals surface area (Å²) in [5, 5.41) is 3.06. The van der Waals surface area contributed by atoms with Crippen LogP contribution < -0.4 is 14.8 Å². The molecule has 1 amide bonds. The molecule has 1 heterocycles. The van der Waals surface area contributed by atoms with Crippen molar-refractivity contribution in [3.63, 3.8) is 0 Å². The van der Waals surface area contributed by atoms with Crippen molar-refractivity contribution in [2.75, 3.05) is 33.9 Å². The first-order chi connectivity index (χ1) is 15.0. The topological polar surface area (TPSA) is 50.8 Å². The average Bonchev–Trinajstić information content (AvgIpc) is 2.80. The van der Waals surface area contributed by atoms with E-state index in [0.29, 0.717) is 24.0 Å². The lowest BCUT2D eigenvalue weighted by atomic mass is 9.89. The second-order valence-corrected chi connectivity index (χ2v) is 8.22. The number of benzene rings is 2. The summed E-state index contributed by atoms with van der Waals surface area (Å²) < 4.78 is 23.7. The number of nitrogens with one attached hydrogen (secondary N) is 1. The lowest BCUT2D eigenvalue weighted by molar-refractivity contribution is -0.126. The van der Waals surface area contributed by atoms with E-state index < -0.39 is 0 Å². The number of hydrogen-bond donors (Lipinski definition) is 1. The van der Waals surface area contributed by atoms with E-state index in [1.54, 1.807) is 14.2 Å². The van der Waals surface area contributed by atoms with Crippen molar-refractivity contribution >= 4 is 5.91 Å². The highest BCUT2D eigenvalue weighted by Gasteiger charge is 2.26. The zero-order valence-corrected chi connectivity index (χ0v) is 18.7. The van der Waals surface area contributed by atoms with Crippen LogP contribution in [0.1, 0.15) is 30.9 Å². The number of rotatable bonds is 9. The number of nitrogens with zero attached hydrogens (tertiary/aromatic N) is 1. The fourth-order valence-electron chi connectivity index (χ4n) is 4.18. The zero-order chi connectivity index (χ0) is 22.2. The lowest BCUT2D eigenvalue weighted by Gasteiger charge is -2.35. The number of ether oxygens (including phenoxy) is 2. The Morgan fingerprint density at radius 3 is 2.35 bits per heavy atom. The van der Waals surface area contributed by atoms with Gasteiger partial charge in [-0.1, -0.05) is 18.2 Å². The molecule has 3 rings (SSSR count). The summed E-state index contributed by atoms with van der Waals surface area (Å²) in [6, 6.07) is 12.5. The molecule has 0 bridgehead atoms. The van der Waals surface area contributed by atoms with Crippen LogP contribution >= 0.6 is 0 Å². The van der Waals surface area contributed by atoms with Crippen LogP contribution in [-0.4, -0.2) is 50.7 Å². The Hall–Kier alpha value is -2.60. The number of likely N-dealkylation sites (tertiary alicyclic amines) is 1. The van der Waals surface area contributed by atoms with E-state index in [1.165, 1.54) is 17.7 Å². The second kappa shape index (κ2) is 11.1. The zero-order valence-electron chi connectivity index (χ0n) is 18.7. The fourth-order valence-corrected chi connectivity index (χ4v) is 4.18. The number of carbonyl (C=O) groups excluding carboxylic acids is 1. The lowest BCUT2D eigenvalue weighted by Crippen LogP contribution is -2.48. The van der Waals surface area contributed by atoms with E-state index in [4.69, 9.17) is 9.47 Å². The standard InChI is InChI=1S/C25H33FN2O3/c1-18(25(29)27-13-10-20-6-9-23(30-2)24(17-20)31-3)28-14-11-21(12-15-28)16-19-4-7-22(26)8-5-19/h4-9,17-18,21H,10-16H2,1-3H3,(H,27,29). The summed E-state index contributed by atoms with van der Waals surface area (Å²) in [7, 11) is 3.23. The molecular weight excluding hydrogens is 395 g/mol. The second-order valence-electron chi connectivity index (χ2n) is 8.22. The molecule has 1 N–H and O–H groups in total. The highest BCUT2D eigenvalue weighted by atomic mass is 19.1.